The Bertz CT molecular complexity index is 291. The molecule has 3 heteroatoms. The molecule has 0 amide bonds. The minimum Gasteiger partial charge on any atom is -0.370 e. The molecule has 1 atom stereocenters. The summed E-state index contributed by atoms with van der Waals surface area (Å²) in [6, 6.07) is 2.06. The van der Waals surface area contributed by atoms with Crippen LogP contribution in [0.2, 0.25) is 0 Å². The smallest absolute Gasteiger partial charge is 0.124 e. The van der Waals surface area contributed by atoms with E-state index in [0.717, 1.165) is 24.8 Å². The van der Waals surface area contributed by atoms with E-state index < -0.39 is 0 Å². The second kappa shape index (κ2) is 6.56. The van der Waals surface area contributed by atoms with Crippen molar-refractivity contribution < 1.29 is 0 Å². The van der Waals surface area contributed by atoms with Gasteiger partial charge in [-0.1, -0.05) is 34.1 Å². The number of hydrogen-bond acceptors (Lipinski definition) is 2. The summed E-state index contributed by atoms with van der Waals surface area (Å²) in [5.74, 6) is 2.51. The number of rotatable bonds is 7. The average Bonchev–Trinajstić information content (AvgIpc) is 2.62. The van der Waals surface area contributed by atoms with Crippen molar-refractivity contribution in [2.24, 2.45) is 11.8 Å². The summed E-state index contributed by atoms with van der Waals surface area (Å²) in [5, 5.41) is 7.82. The highest BCUT2D eigenvalue weighted by Crippen LogP contribution is 2.11. The molecular formula is C13H25N3. The zero-order chi connectivity index (χ0) is 12.0. The molecule has 1 aromatic rings. The Morgan fingerprint density at radius 2 is 2.12 bits per heavy atom. The first-order chi connectivity index (χ1) is 7.63. The van der Waals surface area contributed by atoms with Crippen molar-refractivity contribution in [1.29, 1.82) is 0 Å². The molecule has 0 fully saturated rings. The molecule has 0 saturated heterocycles. The van der Waals surface area contributed by atoms with Crippen molar-refractivity contribution in [1.82, 2.24) is 9.78 Å². The Labute approximate surface area is 99.2 Å². The van der Waals surface area contributed by atoms with Crippen LogP contribution in [0.15, 0.2) is 12.3 Å². The number of anilines is 1. The summed E-state index contributed by atoms with van der Waals surface area (Å²) >= 11 is 0. The Hall–Kier alpha value is -0.990. The van der Waals surface area contributed by atoms with Crippen LogP contribution in [0.5, 0.6) is 0 Å². The van der Waals surface area contributed by atoms with Crippen molar-refractivity contribution >= 4 is 5.82 Å². The third kappa shape index (κ3) is 4.25. The second-order valence-corrected chi connectivity index (χ2v) is 5.07. The van der Waals surface area contributed by atoms with Gasteiger partial charge in [-0.25, -0.2) is 4.68 Å². The Morgan fingerprint density at radius 3 is 2.75 bits per heavy atom. The van der Waals surface area contributed by atoms with E-state index in [0.29, 0.717) is 5.92 Å². The van der Waals surface area contributed by atoms with E-state index in [1.807, 2.05) is 6.20 Å². The SMILES string of the molecule is CCCC(C)CNc1ccnn1CC(C)C. The quantitative estimate of drug-likeness (QED) is 0.768. The molecular weight excluding hydrogens is 198 g/mol. The van der Waals surface area contributed by atoms with E-state index in [2.05, 4.69) is 48.9 Å². The maximum atomic E-state index is 4.33. The molecule has 1 heterocycles. The van der Waals surface area contributed by atoms with E-state index in [1.54, 1.807) is 0 Å². The van der Waals surface area contributed by atoms with E-state index in [4.69, 9.17) is 0 Å². The highest BCUT2D eigenvalue weighted by molar-refractivity contribution is 5.33. The van der Waals surface area contributed by atoms with Crippen LogP contribution < -0.4 is 5.32 Å². The van der Waals surface area contributed by atoms with Gasteiger partial charge in [-0.2, -0.15) is 5.10 Å². The van der Waals surface area contributed by atoms with Gasteiger partial charge in [0, 0.05) is 19.2 Å². The molecule has 3 nitrogen and oxygen atoms in total. The van der Waals surface area contributed by atoms with Crippen molar-refractivity contribution in [3.63, 3.8) is 0 Å². The minimum absolute atomic E-state index is 0.633. The van der Waals surface area contributed by atoms with Gasteiger partial charge in [-0.15, -0.1) is 0 Å². The predicted molar refractivity (Wildman–Crippen MR) is 69.6 cm³/mol. The summed E-state index contributed by atoms with van der Waals surface area (Å²) < 4.78 is 2.06. The van der Waals surface area contributed by atoms with E-state index in [-0.39, 0.29) is 0 Å². The van der Waals surface area contributed by atoms with Gasteiger partial charge in [0.05, 0.1) is 6.20 Å². The van der Waals surface area contributed by atoms with Gasteiger partial charge in [0.2, 0.25) is 0 Å². The van der Waals surface area contributed by atoms with Gasteiger partial charge in [-0.3, -0.25) is 0 Å². The first kappa shape index (κ1) is 13.1. The van der Waals surface area contributed by atoms with Gasteiger partial charge < -0.3 is 5.32 Å². The highest BCUT2D eigenvalue weighted by atomic mass is 15.3. The van der Waals surface area contributed by atoms with Crippen molar-refractivity contribution in [2.75, 3.05) is 11.9 Å². The van der Waals surface area contributed by atoms with Crippen LogP contribution in [0.3, 0.4) is 0 Å². The van der Waals surface area contributed by atoms with Crippen LogP contribution in [0, 0.1) is 11.8 Å². The molecule has 1 N–H and O–H groups in total. The Kier molecular flexibility index (Phi) is 5.36. The van der Waals surface area contributed by atoms with Gasteiger partial charge in [0.15, 0.2) is 0 Å². The van der Waals surface area contributed by atoms with Crippen LogP contribution >= 0.6 is 0 Å². The molecule has 0 aliphatic carbocycles. The summed E-state index contributed by atoms with van der Waals surface area (Å²) in [7, 11) is 0. The first-order valence-corrected chi connectivity index (χ1v) is 6.39. The third-order valence-corrected chi connectivity index (χ3v) is 2.67. The molecule has 1 unspecified atom stereocenters. The largest absolute Gasteiger partial charge is 0.370 e. The normalized spacial score (nSPS) is 13.1. The summed E-state index contributed by atoms with van der Waals surface area (Å²) in [5.41, 5.74) is 0. The Balaban J connectivity index is 2.44. The summed E-state index contributed by atoms with van der Waals surface area (Å²) in [6.45, 7) is 11.0. The van der Waals surface area contributed by atoms with Crippen molar-refractivity contribution in [2.45, 2.75) is 47.1 Å². The van der Waals surface area contributed by atoms with Crippen LogP contribution in [-0.2, 0) is 6.54 Å². The van der Waals surface area contributed by atoms with Gasteiger partial charge in [0.25, 0.3) is 0 Å². The van der Waals surface area contributed by atoms with Crippen LogP contribution in [0.4, 0.5) is 5.82 Å². The standard InChI is InChI=1S/C13H25N3/c1-5-6-12(4)9-14-13-7-8-15-16(13)10-11(2)3/h7-8,11-12,14H,5-6,9-10H2,1-4H3. The first-order valence-electron chi connectivity index (χ1n) is 6.39. The lowest BCUT2D eigenvalue weighted by Crippen LogP contribution is -2.16. The zero-order valence-corrected chi connectivity index (χ0v) is 11.0. The molecule has 0 saturated carbocycles. The van der Waals surface area contributed by atoms with Gasteiger partial charge in [-0.05, 0) is 18.3 Å². The minimum atomic E-state index is 0.633. The summed E-state index contributed by atoms with van der Waals surface area (Å²) in [4.78, 5) is 0. The van der Waals surface area contributed by atoms with E-state index >= 15 is 0 Å². The third-order valence-electron chi connectivity index (χ3n) is 2.67. The topological polar surface area (TPSA) is 29.9 Å². The lowest BCUT2D eigenvalue weighted by Gasteiger charge is -2.14. The molecule has 92 valence electrons. The fourth-order valence-electron chi connectivity index (χ4n) is 1.85. The Morgan fingerprint density at radius 1 is 1.38 bits per heavy atom. The van der Waals surface area contributed by atoms with Crippen LogP contribution in [0.25, 0.3) is 0 Å². The second-order valence-electron chi connectivity index (χ2n) is 5.07. The monoisotopic (exact) mass is 223 g/mol. The van der Waals surface area contributed by atoms with Crippen molar-refractivity contribution in [3.8, 4) is 0 Å². The van der Waals surface area contributed by atoms with E-state index in [1.165, 1.54) is 12.8 Å². The molecule has 1 aromatic heterocycles. The average molecular weight is 223 g/mol. The fraction of sp³-hybridized carbons (Fsp3) is 0.769. The van der Waals surface area contributed by atoms with Crippen LogP contribution in [-0.4, -0.2) is 16.3 Å². The predicted octanol–water partition coefficient (Wildman–Crippen LogP) is 3.39. The zero-order valence-electron chi connectivity index (χ0n) is 11.0. The van der Waals surface area contributed by atoms with Gasteiger partial charge in [0.1, 0.15) is 5.82 Å². The molecule has 0 radical (unpaired) electrons. The van der Waals surface area contributed by atoms with Crippen molar-refractivity contribution in [3.05, 3.63) is 12.3 Å². The molecule has 0 spiro atoms. The van der Waals surface area contributed by atoms with Gasteiger partial charge >= 0.3 is 0 Å². The molecule has 0 aliphatic rings. The molecule has 0 aromatic carbocycles. The number of nitrogens with zero attached hydrogens (tertiary/aromatic N) is 2. The number of aromatic nitrogens is 2. The fourth-order valence-corrected chi connectivity index (χ4v) is 1.85. The maximum Gasteiger partial charge on any atom is 0.124 e. The maximum absolute atomic E-state index is 4.33. The van der Waals surface area contributed by atoms with Crippen LogP contribution in [0.1, 0.15) is 40.5 Å². The molecule has 0 bridgehead atoms. The highest BCUT2D eigenvalue weighted by Gasteiger charge is 2.05. The lowest BCUT2D eigenvalue weighted by molar-refractivity contribution is 0.483. The number of hydrogen-bond donors (Lipinski definition) is 1. The molecule has 1 rings (SSSR count). The molecule has 0 aliphatic heterocycles. The lowest BCUT2D eigenvalue weighted by atomic mass is 10.1. The van der Waals surface area contributed by atoms with E-state index in [9.17, 15) is 0 Å². The molecule has 16 heavy (non-hydrogen) atoms. The number of nitrogens with one attached hydrogen (secondary N) is 1. The summed E-state index contributed by atoms with van der Waals surface area (Å²) in [6.07, 6.45) is 4.41.